The van der Waals surface area contributed by atoms with Crippen molar-refractivity contribution >= 4 is 41.2 Å². The molecule has 9 heterocycles. The predicted octanol–water partition coefficient (Wildman–Crippen LogP) is 26.9. The zero-order valence-electron chi connectivity index (χ0n) is 81.2. The van der Waals surface area contributed by atoms with Crippen molar-refractivity contribution in [2.24, 2.45) is 82.9 Å². The Morgan fingerprint density at radius 1 is 0.265 bits per heavy atom. The third-order valence-corrected chi connectivity index (χ3v) is 24.2. The molecule has 0 aromatic rings. The zero-order chi connectivity index (χ0) is 88.6. The Kier molecular flexibility index (Phi) is 80.4. The molecular formula is C101H194O16. The highest BCUT2D eigenvalue weighted by Gasteiger charge is 2.56. The van der Waals surface area contributed by atoms with Crippen molar-refractivity contribution in [1.82, 2.24) is 0 Å². The third-order valence-electron chi connectivity index (χ3n) is 24.2. The topological polar surface area (TPSA) is 203 Å². The zero-order valence-corrected chi connectivity index (χ0v) is 81.2. The van der Waals surface area contributed by atoms with Crippen LogP contribution in [0.5, 0.6) is 0 Å². The van der Waals surface area contributed by atoms with Crippen molar-refractivity contribution in [2.45, 2.75) is 460 Å². The fourth-order valence-electron chi connectivity index (χ4n) is 19.3. The first-order valence-electron chi connectivity index (χ1n) is 50.7. The highest BCUT2D eigenvalue weighted by molar-refractivity contribution is 5.85. The van der Waals surface area contributed by atoms with E-state index < -0.39 is 0 Å². The number of carbonyl (C=O) groups excluding carboxylic acids is 7. The summed E-state index contributed by atoms with van der Waals surface area (Å²) in [6.07, 6.45) is 52.1. The summed E-state index contributed by atoms with van der Waals surface area (Å²) in [7, 11) is 0. The van der Waals surface area contributed by atoms with Crippen LogP contribution in [0.25, 0.3) is 0 Å². The Labute approximate surface area is 722 Å². The van der Waals surface area contributed by atoms with E-state index in [4.69, 9.17) is 33.2 Å². The minimum absolute atomic E-state index is 0.0359. The number of ether oxygens (including phenoxy) is 9. The molecule has 14 unspecified atom stereocenters. The van der Waals surface area contributed by atoms with Gasteiger partial charge in [0.2, 0.25) is 0 Å². The average molecular weight is 1660 g/mol. The van der Waals surface area contributed by atoms with Crippen LogP contribution >= 0.6 is 0 Å². The highest BCUT2D eigenvalue weighted by Crippen LogP contribution is 2.55. The standard InChI is InChI=1S/C10H14O.C8H10O2.C8H12O.C7H10O2.C7H10O.C7H12O.C6H12O.C6H10O.C5H8O2.C5H10O.C4H6O2.C4H8O.12C2H6/c11-10-8-2-6-1-7(4-8)5-9(10)3-6;9-8-6-2-4-1-5(6)7(3-4)10-8;1-5-2-7-6(1)4-9-8(7)3-5;8-7-5-2-1-3-6(4-5)9-7;8-7-4-5-1-2-6(7)3-5;1-2-6-4-7(3-1)8-5-6;1-2-4-6-7-5-3-1;7-6-4-2-1-3-5-6;6-5-3-1-2-4-7-5;1-2-4-6-5-3-1;5-4-2-1-3-6-4;1-2-4-5-3-1;12*1-2/h6-9H,1-5H2;4-7H,1-3H2;5-8H,1-4H2;5-6H,1-4H2;5-6H,1-4H2;6-7H,1-5H2;1-6H2;1-5H2;1-4H2;1-5H2;1-3H2;1-4H2;12*1-2H3. The van der Waals surface area contributed by atoms with Gasteiger partial charge in [-0.15, -0.1) is 0 Å². The number of esters is 4. The van der Waals surface area contributed by atoms with Gasteiger partial charge in [0.15, 0.2) is 0 Å². The van der Waals surface area contributed by atoms with E-state index in [0.717, 1.165) is 184 Å². The number of rotatable bonds is 0. The third kappa shape index (κ3) is 48.5. The van der Waals surface area contributed by atoms with Gasteiger partial charge in [0.1, 0.15) is 29.6 Å². The van der Waals surface area contributed by atoms with Crippen LogP contribution in [0.15, 0.2) is 0 Å². The lowest BCUT2D eigenvalue weighted by molar-refractivity contribution is -0.147. The molecule has 22 rings (SSSR count). The summed E-state index contributed by atoms with van der Waals surface area (Å²) in [6, 6.07) is 0. The number of cyclic esters (lactones) is 2. The Balaban J connectivity index is -0.00000119. The van der Waals surface area contributed by atoms with E-state index in [1.54, 1.807) is 0 Å². The molecule has 22 fully saturated rings. The molecular weight excluding hydrogens is 1470 g/mol. The van der Waals surface area contributed by atoms with Gasteiger partial charge in [-0.2, -0.15) is 0 Å². The van der Waals surface area contributed by atoms with Crippen LogP contribution in [-0.2, 0) is 76.2 Å². The summed E-state index contributed by atoms with van der Waals surface area (Å²) in [6.45, 7) is 57.4. The van der Waals surface area contributed by atoms with Gasteiger partial charge in [-0.25, -0.2) is 0 Å². The molecule has 0 aromatic heterocycles. The van der Waals surface area contributed by atoms with E-state index in [2.05, 4.69) is 9.47 Å². The van der Waals surface area contributed by atoms with E-state index >= 15 is 0 Å². The van der Waals surface area contributed by atoms with E-state index in [9.17, 15) is 33.6 Å². The molecule has 13 aliphatic carbocycles. The smallest absolute Gasteiger partial charge is 0.309 e. The van der Waals surface area contributed by atoms with Crippen LogP contribution in [0.3, 0.4) is 0 Å². The molecule has 16 nitrogen and oxygen atoms in total. The molecule has 9 saturated heterocycles. The molecule has 14 bridgehead atoms. The lowest BCUT2D eigenvalue weighted by Crippen LogP contribution is -2.45. The van der Waals surface area contributed by atoms with Gasteiger partial charge >= 0.3 is 23.9 Å². The maximum Gasteiger partial charge on any atom is 0.309 e. The van der Waals surface area contributed by atoms with Gasteiger partial charge in [-0.05, 0) is 259 Å². The summed E-state index contributed by atoms with van der Waals surface area (Å²) in [5, 5.41) is 0. The minimum atomic E-state index is -0.0463. The molecule has 13 saturated carbocycles. The molecule has 22 aliphatic rings. The lowest BCUT2D eigenvalue weighted by atomic mass is 9.56. The van der Waals surface area contributed by atoms with E-state index in [-0.39, 0.29) is 35.9 Å². The molecule has 16 heteroatoms. The molecule has 117 heavy (non-hydrogen) atoms. The predicted molar refractivity (Wildman–Crippen MR) is 488 cm³/mol. The lowest BCUT2D eigenvalue weighted by Gasteiger charge is -2.48. The first kappa shape index (κ1) is 118. The number of hydrogen-bond acceptors (Lipinski definition) is 16. The number of Topliss-reactive ketones (excluding diaryl/α,β-unsaturated/α-hetero) is 3. The molecule has 14 atom stereocenters. The van der Waals surface area contributed by atoms with Crippen LogP contribution < -0.4 is 0 Å². The molecule has 0 radical (unpaired) electrons. The van der Waals surface area contributed by atoms with Crippen molar-refractivity contribution < 1.29 is 76.2 Å². The summed E-state index contributed by atoms with van der Waals surface area (Å²) < 4.78 is 45.7. The van der Waals surface area contributed by atoms with Crippen molar-refractivity contribution in [3.63, 3.8) is 0 Å². The summed E-state index contributed by atoms with van der Waals surface area (Å²) in [5.74, 6) is 11.9. The average Bonchev–Trinajstić information content (AvgIpc) is 1.27. The number of hydrogen-bond donors (Lipinski definition) is 0. The van der Waals surface area contributed by atoms with E-state index in [1.807, 2.05) is 166 Å². The number of carbonyl (C=O) groups is 7. The fourth-order valence-corrected chi connectivity index (χ4v) is 19.3. The second-order valence-electron chi connectivity index (χ2n) is 31.5. The van der Waals surface area contributed by atoms with Gasteiger partial charge in [0, 0.05) is 102 Å². The van der Waals surface area contributed by atoms with Crippen molar-refractivity contribution in [3.05, 3.63) is 0 Å². The summed E-state index contributed by atoms with van der Waals surface area (Å²) in [4.78, 5) is 75.0. The van der Waals surface area contributed by atoms with Gasteiger partial charge in [0.05, 0.1) is 43.9 Å². The van der Waals surface area contributed by atoms with E-state index in [0.29, 0.717) is 91.3 Å². The fraction of sp³-hybridized carbons (Fsp3) is 0.931. The van der Waals surface area contributed by atoms with Crippen LogP contribution in [-0.4, -0.2) is 132 Å². The summed E-state index contributed by atoms with van der Waals surface area (Å²) >= 11 is 0. The number of ketones is 3. The molecule has 694 valence electrons. The van der Waals surface area contributed by atoms with E-state index in [1.165, 1.54) is 173 Å². The monoisotopic (exact) mass is 1660 g/mol. The normalized spacial score (nSPS) is 31.7. The largest absolute Gasteiger partial charge is 0.466 e. The second-order valence-corrected chi connectivity index (χ2v) is 31.5. The van der Waals surface area contributed by atoms with Crippen LogP contribution in [0.2, 0.25) is 0 Å². The minimum Gasteiger partial charge on any atom is -0.466 e. The van der Waals surface area contributed by atoms with Crippen LogP contribution in [0, 0.1) is 82.9 Å². The molecule has 0 amide bonds. The Morgan fingerprint density at radius 3 is 1.04 bits per heavy atom. The first-order chi connectivity index (χ1) is 57.5. The molecule has 9 aliphatic heterocycles. The SMILES string of the molecule is C1CC2COC(C1)C2.C1CCCOCC1.C1CCOC1.C1CCOCC1.C1OC2CC3CC1C2C3.CC.CC.CC.CC.CC.CC.CC.CC.CC.CC.CC.CC.O=C1C2CC3CC(C2)CC1C3.O=C1CC2CCC1C2.O=C1CCCCC1.O=C1CCCCO1.O=C1CCCO1.O=C1OC2CC3CC1C2C3.O=C1OC2CCCC1C2. The first-order valence-corrected chi connectivity index (χ1v) is 50.7. The maximum absolute atomic E-state index is 11.6. The second kappa shape index (κ2) is 79.8. The van der Waals surface area contributed by atoms with Crippen LogP contribution in [0.4, 0.5) is 0 Å². The number of fused-ring (bicyclic) bond motifs is 8. The highest BCUT2D eigenvalue weighted by atomic mass is 16.6. The maximum atomic E-state index is 11.6. The van der Waals surface area contributed by atoms with Crippen LogP contribution in [0.1, 0.15) is 436 Å². The van der Waals surface area contributed by atoms with Gasteiger partial charge in [0.25, 0.3) is 0 Å². The molecule has 0 aromatic carbocycles. The van der Waals surface area contributed by atoms with Crippen molar-refractivity contribution in [2.75, 3.05) is 66.1 Å². The Bertz CT molecular complexity index is 2170. The quantitative estimate of drug-likeness (QED) is 0.163. The summed E-state index contributed by atoms with van der Waals surface area (Å²) in [5.41, 5.74) is 0. The van der Waals surface area contributed by atoms with Gasteiger partial charge in [-0.3, -0.25) is 33.6 Å². The van der Waals surface area contributed by atoms with Gasteiger partial charge in [-0.1, -0.05) is 192 Å². The van der Waals surface area contributed by atoms with Gasteiger partial charge < -0.3 is 42.6 Å². The van der Waals surface area contributed by atoms with Crippen molar-refractivity contribution in [3.8, 4) is 0 Å². The molecule has 0 N–H and O–H groups in total. The molecule has 0 spiro atoms. The Hall–Kier alpha value is -3.31. The Morgan fingerprint density at radius 2 is 0.701 bits per heavy atom. The van der Waals surface area contributed by atoms with Crippen molar-refractivity contribution in [1.29, 1.82) is 0 Å².